The van der Waals surface area contributed by atoms with Crippen molar-refractivity contribution in [3.05, 3.63) is 0 Å². The SMILES string of the molecule is CC(N)C(=O)NC(CC(N)=O)C(=O)NC(CC(=O)O)C(=O)NC(CCCN=C(N)N)C(=O)O. The summed E-state index contributed by atoms with van der Waals surface area (Å²) in [6, 6.07) is -5.74. The van der Waals surface area contributed by atoms with Gasteiger partial charge in [0, 0.05) is 6.54 Å². The van der Waals surface area contributed by atoms with Gasteiger partial charge in [-0.3, -0.25) is 29.0 Å². The largest absolute Gasteiger partial charge is 0.481 e. The molecule has 33 heavy (non-hydrogen) atoms. The summed E-state index contributed by atoms with van der Waals surface area (Å²) < 4.78 is 0. The molecule has 0 rings (SSSR count). The van der Waals surface area contributed by atoms with Gasteiger partial charge in [0.2, 0.25) is 23.6 Å². The number of amides is 4. The van der Waals surface area contributed by atoms with E-state index in [1.54, 1.807) is 0 Å². The van der Waals surface area contributed by atoms with Crippen molar-refractivity contribution in [2.75, 3.05) is 6.54 Å². The van der Waals surface area contributed by atoms with E-state index in [4.69, 9.17) is 28.0 Å². The van der Waals surface area contributed by atoms with Crippen molar-refractivity contribution in [1.29, 1.82) is 0 Å². The maximum Gasteiger partial charge on any atom is 0.326 e. The van der Waals surface area contributed by atoms with Gasteiger partial charge in [-0.05, 0) is 19.8 Å². The molecule has 16 heteroatoms. The van der Waals surface area contributed by atoms with Gasteiger partial charge in [-0.2, -0.15) is 0 Å². The molecule has 0 bridgehead atoms. The van der Waals surface area contributed by atoms with Crippen molar-refractivity contribution < 1.29 is 39.0 Å². The van der Waals surface area contributed by atoms with Crippen molar-refractivity contribution in [1.82, 2.24) is 16.0 Å². The normalized spacial score (nSPS) is 14.0. The molecule has 4 amide bonds. The Morgan fingerprint density at radius 3 is 1.73 bits per heavy atom. The molecule has 13 N–H and O–H groups in total. The maximum absolute atomic E-state index is 12.5. The van der Waals surface area contributed by atoms with Gasteiger partial charge in [-0.25, -0.2) is 4.79 Å². The third-order valence-corrected chi connectivity index (χ3v) is 4.02. The van der Waals surface area contributed by atoms with Gasteiger partial charge in [0.1, 0.15) is 18.1 Å². The number of guanidine groups is 1. The van der Waals surface area contributed by atoms with E-state index in [-0.39, 0.29) is 25.3 Å². The molecule has 4 atom stereocenters. The van der Waals surface area contributed by atoms with Crippen LogP contribution >= 0.6 is 0 Å². The number of aliphatic imine (C=N–C) groups is 1. The lowest BCUT2D eigenvalue weighted by Crippen LogP contribution is -2.57. The van der Waals surface area contributed by atoms with Crippen LogP contribution in [0.3, 0.4) is 0 Å². The van der Waals surface area contributed by atoms with Crippen molar-refractivity contribution >= 4 is 41.5 Å². The fourth-order valence-electron chi connectivity index (χ4n) is 2.40. The first-order valence-electron chi connectivity index (χ1n) is 9.69. The van der Waals surface area contributed by atoms with E-state index in [2.05, 4.69) is 20.9 Å². The summed E-state index contributed by atoms with van der Waals surface area (Å²) in [5.74, 6) is -7.07. The minimum atomic E-state index is -1.72. The fourth-order valence-corrected chi connectivity index (χ4v) is 2.40. The smallest absolute Gasteiger partial charge is 0.326 e. The van der Waals surface area contributed by atoms with E-state index in [1.807, 2.05) is 0 Å². The second-order valence-electron chi connectivity index (χ2n) is 7.03. The van der Waals surface area contributed by atoms with Gasteiger partial charge >= 0.3 is 11.9 Å². The molecule has 0 aliphatic heterocycles. The van der Waals surface area contributed by atoms with E-state index in [0.717, 1.165) is 0 Å². The molecule has 0 saturated carbocycles. The van der Waals surface area contributed by atoms with Gasteiger partial charge in [0.05, 0.1) is 18.9 Å². The molecule has 186 valence electrons. The number of nitrogens with zero attached hydrogens (tertiary/aromatic N) is 1. The third-order valence-electron chi connectivity index (χ3n) is 4.02. The summed E-state index contributed by atoms with van der Waals surface area (Å²) in [6.07, 6.45) is -1.49. The maximum atomic E-state index is 12.5. The summed E-state index contributed by atoms with van der Waals surface area (Å²) in [5, 5.41) is 24.7. The Labute approximate surface area is 188 Å². The monoisotopic (exact) mass is 474 g/mol. The number of carboxylic acids is 2. The van der Waals surface area contributed by atoms with Crippen LogP contribution in [-0.2, 0) is 28.8 Å². The van der Waals surface area contributed by atoms with Crippen LogP contribution in [0.1, 0.15) is 32.6 Å². The van der Waals surface area contributed by atoms with Gasteiger partial charge < -0.3 is 49.1 Å². The molecular weight excluding hydrogens is 444 g/mol. The standard InChI is InChI=1S/C17H30N8O8/c1-7(18)13(29)24-9(5-11(19)26)14(30)25-10(6-12(27)28)15(31)23-8(16(32)33)3-2-4-22-17(20)21/h7-10H,2-6,18H2,1H3,(H2,19,26)(H,23,31)(H,24,29)(H,25,30)(H,27,28)(H,32,33)(H4,20,21,22). The lowest BCUT2D eigenvalue weighted by Gasteiger charge is -2.23. The number of carboxylic acid groups (broad SMARTS) is 2. The second kappa shape index (κ2) is 14.2. The number of nitrogens with one attached hydrogen (secondary N) is 3. The van der Waals surface area contributed by atoms with Gasteiger partial charge in [-0.15, -0.1) is 0 Å². The van der Waals surface area contributed by atoms with E-state index < -0.39 is 72.6 Å². The van der Waals surface area contributed by atoms with E-state index in [9.17, 15) is 33.9 Å². The van der Waals surface area contributed by atoms with Crippen LogP contribution in [0.25, 0.3) is 0 Å². The van der Waals surface area contributed by atoms with Crippen molar-refractivity contribution in [2.24, 2.45) is 27.9 Å². The Bertz CT molecular complexity index is 781. The average molecular weight is 474 g/mol. The average Bonchev–Trinajstić information content (AvgIpc) is 2.67. The minimum Gasteiger partial charge on any atom is -0.481 e. The van der Waals surface area contributed by atoms with Crippen molar-refractivity contribution in [3.8, 4) is 0 Å². The van der Waals surface area contributed by atoms with E-state index in [0.29, 0.717) is 0 Å². The predicted molar refractivity (Wildman–Crippen MR) is 113 cm³/mol. The quantitative estimate of drug-likeness (QED) is 0.0616. The highest BCUT2D eigenvalue weighted by atomic mass is 16.4. The molecule has 16 nitrogen and oxygen atoms in total. The Kier molecular flexibility index (Phi) is 12.5. The summed E-state index contributed by atoms with van der Waals surface area (Å²) >= 11 is 0. The third kappa shape index (κ3) is 12.5. The first kappa shape index (κ1) is 29.1. The van der Waals surface area contributed by atoms with Crippen LogP contribution in [0.4, 0.5) is 0 Å². The van der Waals surface area contributed by atoms with Crippen molar-refractivity contribution in [2.45, 2.75) is 56.8 Å². The second-order valence-corrected chi connectivity index (χ2v) is 7.03. The lowest BCUT2D eigenvalue weighted by molar-refractivity contribution is -0.144. The van der Waals surface area contributed by atoms with Crippen LogP contribution in [-0.4, -0.2) is 82.5 Å². The number of hydrogen-bond acceptors (Lipinski definition) is 8. The lowest BCUT2D eigenvalue weighted by atomic mass is 10.1. The number of carbonyl (C=O) groups excluding carboxylic acids is 4. The van der Waals surface area contributed by atoms with Gasteiger partial charge in [0.15, 0.2) is 5.96 Å². The first-order valence-corrected chi connectivity index (χ1v) is 9.69. The highest BCUT2D eigenvalue weighted by molar-refractivity contribution is 5.97. The summed E-state index contributed by atoms with van der Waals surface area (Å²) in [5.41, 5.74) is 20.8. The molecule has 0 aromatic carbocycles. The molecular formula is C17H30N8O8. The zero-order chi connectivity index (χ0) is 25.7. The molecule has 0 heterocycles. The number of hydrogen-bond donors (Lipinski definition) is 9. The highest BCUT2D eigenvalue weighted by Crippen LogP contribution is 2.03. The predicted octanol–water partition coefficient (Wildman–Crippen LogP) is -4.72. The van der Waals surface area contributed by atoms with E-state index >= 15 is 0 Å². The fraction of sp³-hybridized carbons (Fsp3) is 0.588. The van der Waals surface area contributed by atoms with Crippen LogP contribution in [0.5, 0.6) is 0 Å². The molecule has 0 saturated heterocycles. The molecule has 0 aromatic rings. The molecule has 0 aliphatic carbocycles. The van der Waals surface area contributed by atoms with E-state index in [1.165, 1.54) is 6.92 Å². The number of aliphatic carboxylic acids is 2. The van der Waals surface area contributed by atoms with Crippen LogP contribution < -0.4 is 38.9 Å². The summed E-state index contributed by atoms with van der Waals surface area (Å²) in [7, 11) is 0. The Morgan fingerprint density at radius 2 is 1.30 bits per heavy atom. The molecule has 0 fully saturated rings. The van der Waals surface area contributed by atoms with Crippen LogP contribution in [0.15, 0.2) is 4.99 Å². The van der Waals surface area contributed by atoms with Crippen LogP contribution in [0.2, 0.25) is 0 Å². The Morgan fingerprint density at radius 1 is 0.818 bits per heavy atom. The Hall–Kier alpha value is -3.95. The Balaban J connectivity index is 5.41. The summed E-state index contributed by atoms with van der Waals surface area (Å²) in [4.78, 5) is 74.4. The summed E-state index contributed by atoms with van der Waals surface area (Å²) in [6.45, 7) is 1.40. The minimum absolute atomic E-state index is 0.0886. The molecule has 0 aromatic heterocycles. The molecule has 4 unspecified atom stereocenters. The molecule has 0 spiro atoms. The molecule has 0 radical (unpaired) electrons. The van der Waals surface area contributed by atoms with Gasteiger partial charge in [0.25, 0.3) is 0 Å². The van der Waals surface area contributed by atoms with Gasteiger partial charge in [-0.1, -0.05) is 0 Å². The number of carbonyl (C=O) groups is 6. The zero-order valence-corrected chi connectivity index (χ0v) is 17.9. The van der Waals surface area contributed by atoms with Crippen molar-refractivity contribution in [3.63, 3.8) is 0 Å². The number of primary amides is 1. The number of rotatable bonds is 15. The molecule has 0 aliphatic rings. The zero-order valence-electron chi connectivity index (χ0n) is 17.9. The van der Waals surface area contributed by atoms with Crippen LogP contribution in [0, 0.1) is 0 Å². The highest BCUT2D eigenvalue weighted by Gasteiger charge is 2.31. The number of nitrogens with two attached hydrogens (primary N) is 4. The first-order chi connectivity index (χ1) is 15.2. The topological polar surface area (TPSA) is 295 Å².